The van der Waals surface area contributed by atoms with Gasteiger partial charge in [0.25, 0.3) is 0 Å². The second-order valence-electron chi connectivity index (χ2n) is 8.18. The fourth-order valence-electron chi connectivity index (χ4n) is 5.07. The quantitative estimate of drug-likeness (QED) is 0.747. The van der Waals surface area contributed by atoms with Crippen molar-refractivity contribution in [3.05, 3.63) is 28.9 Å². The van der Waals surface area contributed by atoms with Gasteiger partial charge in [0.05, 0.1) is 0 Å². The van der Waals surface area contributed by atoms with Gasteiger partial charge < -0.3 is 4.98 Å². The molecule has 0 saturated heterocycles. The van der Waals surface area contributed by atoms with Gasteiger partial charge in [0.15, 0.2) is 0 Å². The molecule has 1 heterocycles. The van der Waals surface area contributed by atoms with Crippen LogP contribution in [0.4, 0.5) is 0 Å². The third-order valence-electron chi connectivity index (χ3n) is 6.20. The molecule has 0 spiro atoms. The molecule has 1 fully saturated rings. The summed E-state index contributed by atoms with van der Waals surface area (Å²) in [4.78, 5) is 3.49. The fraction of sp³-hybridized carbons (Fsp3) is 0.636. The summed E-state index contributed by atoms with van der Waals surface area (Å²) < 4.78 is 0. The second-order valence-corrected chi connectivity index (χ2v) is 8.18. The van der Waals surface area contributed by atoms with Crippen molar-refractivity contribution in [3.63, 3.8) is 0 Å². The molecule has 1 atom stereocenters. The molecule has 0 amide bonds. The first-order valence-electron chi connectivity index (χ1n) is 9.62. The Bertz CT molecular complexity index is 682. The summed E-state index contributed by atoms with van der Waals surface area (Å²) in [5, 5.41) is 2.77. The van der Waals surface area contributed by atoms with Crippen LogP contribution in [-0.2, 0) is 0 Å². The van der Waals surface area contributed by atoms with Crippen LogP contribution >= 0.6 is 0 Å². The lowest BCUT2D eigenvalue weighted by atomic mass is 9.76. The van der Waals surface area contributed by atoms with E-state index in [9.17, 15) is 0 Å². The topological polar surface area (TPSA) is 15.8 Å². The zero-order valence-corrected chi connectivity index (χ0v) is 15.3. The Morgan fingerprint density at radius 3 is 2.74 bits per heavy atom. The highest BCUT2D eigenvalue weighted by atomic mass is 14.7. The minimum absolute atomic E-state index is 0.619. The number of allylic oxidation sites excluding steroid dienone is 1. The van der Waals surface area contributed by atoms with Crippen molar-refractivity contribution in [2.24, 2.45) is 11.3 Å². The molecule has 0 radical (unpaired) electrons. The summed E-state index contributed by atoms with van der Waals surface area (Å²) in [5.41, 5.74) is 4.86. The standard InChI is InChI=1S/C22H33N/c1-5-9-22(10-6-7-11-22)12-8-17(3)19-15-23-20-14-16(2)13-18(4)21(19)20/h14-16,23H,3,5-13H2,1-2,4H3. The van der Waals surface area contributed by atoms with Gasteiger partial charge in [0, 0.05) is 22.3 Å². The zero-order chi connectivity index (χ0) is 16.4. The van der Waals surface area contributed by atoms with E-state index < -0.39 is 0 Å². The molecule has 1 saturated carbocycles. The molecule has 1 unspecified atom stereocenters. The van der Waals surface area contributed by atoms with Gasteiger partial charge in [-0.05, 0) is 62.4 Å². The highest BCUT2D eigenvalue weighted by Gasteiger charge is 2.32. The number of fused-ring (bicyclic) bond motifs is 1. The summed E-state index contributed by atoms with van der Waals surface area (Å²) in [5.74, 6) is 0.647. The summed E-state index contributed by atoms with van der Waals surface area (Å²) in [7, 11) is 0. The van der Waals surface area contributed by atoms with Crippen molar-refractivity contribution in [2.45, 2.75) is 78.6 Å². The van der Waals surface area contributed by atoms with Gasteiger partial charge in [-0.1, -0.05) is 51.3 Å². The number of aromatic amines is 1. The van der Waals surface area contributed by atoms with Gasteiger partial charge in [-0.15, -0.1) is 0 Å². The molecule has 23 heavy (non-hydrogen) atoms. The van der Waals surface area contributed by atoms with Crippen molar-refractivity contribution in [1.29, 1.82) is 0 Å². The number of rotatable bonds is 6. The minimum atomic E-state index is 0.619. The fourth-order valence-corrected chi connectivity index (χ4v) is 5.07. The van der Waals surface area contributed by atoms with E-state index in [-0.39, 0.29) is 0 Å². The molecule has 1 aromatic rings. The van der Waals surface area contributed by atoms with E-state index >= 15 is 0 Å². The molecule has 3 rings (SSSR count). The Morgan fingerprint density at radius 1 is 1.30 bits per heavy atom. The van der Waals surface area contributed by atoms with Gasteiger partial charge >= 0.3 is 0 Å². The van der Waals surface area contributed by atoms with Gasteiger partial charge in [-0.2, -0.15) is 0 Å². The summed E-state index contributed by atoms with van der Waals surface area (Å²) in [6.45, 7) is 11.4. The third-order valence-corrected chi connectivity index (χ3v) is 6.20. The lowest BCUT2D eigenvalue weighted by Gasteiger charge is -2.29. The lowest BCUT2D eigenvalue weighted by Crippen LogP contribution is -2.31. The minimum Gasteiger partial charge on any atom is -0.361 e. The van der Waals surface area contributed by atoms with Crippen LogP contribution in [0.15, 0.2) is 12.8 Å². The van der Waals surface area contributed by atoms with E-state index in [0.717, 1.165) is 6.42 Å². The average molecular weight is 312 g/mol. The smallest absolute Gasteiger partial charge is 0.0422 e. The van der Waals surface area contributed by atoms with Crippen LogP contribution in [0.1, 0.15) is 84.1 Å². The van der Waals surface area contributed by atoms with Crippen molar-refractivity contribution in [2.75, 3.05) is 0 Å². The summed E-state index contributed by atoms with van der Waals surface area (Å²) in [6, 6.07) is 0. The van der Waals surface area contributed by atoms with E-state index in [1.807, 2.05) is 0 Å². The van der Waals surface area contributed by atoms with Gasteiger partial charge in [-0.3, -0.25) is 0 Å². The number of aromatic nitrogens is 1. The van der Waals surface area contributed by atoms with Gasteiger partial charge in [-0.25, -0.2) is 0 Å². The molecule has 2 aliphatic rings. The van der Waals surface area contributed by atoms with Crippen LogP contribution in [0, 0.1) is 11.3 Å². The monoisotopic (exact) mass is 311 g/mol. The molecule has 2 aliphatic carbocycles. The van der Waals surface area contributed by atoms with Crippen molar-refractivity contribution < 1.29 is 0 Å². The van der Waals surface area contributed by atoms with Gasteiger partial charge in [0.1, 0.15) is 0 Å². The molecule has 1 nitrogen and oxygen atoms in total. The van der Waals surface area contributed by atoms with Crippen LogP contribution in [-0.4, -0.2) is 4.98 Å². The number of hydrogen-bond donors (Lipinski definition) is 1. The Balaban J connectivity index is 1.78. The largest absolute Gasteiger partial charge is 0.361 e. The molecule has 0 aliphatic heterocycles. The average Bonchev–Trinajstić information content (AvgIpc) is 3.12. The van der Waals surface area contributed by atoms with Gasteiger partial charge in [0.2, 0.25) is 0 Å². The molecule has 1 heteroatoms. The molecule has 1 N–H and O–H groups in total. The second kappa shape index (κ2) is 6.71. The van der Waals surface area contributed by atoms with E-state index in [1.54, 1.807) is 0 Å². The third kappa shape index (κ3) is 3.34. The zero-order valence-electron chi connectivity index (χ0n) is 15.3. The van der Waals surface area contributed by atoms with E-state index in [2.05, 4.69) is 44.6 Å². The summed E-state index contributed by atoms with van der Waals surface area (Å²) in [6.07, 6.45) is 16.7. The molecule has 1 aromatic heterocycles. The SMILES string of the molecule is C=C(CCC1(CCC)CCCC1)c1c[nH]c2c1=C(C)CC(C)C=2. The maximum absolute atomic E-state index is 4.46. The van der Waals surface area contributed by atoms with Crippen molar-refractivity contribution in [3.8, 4) is 0 Å². The number of hydrogen-bond acceptors (Lipinski definition) is 0. The molecular weight excluding hydrogens is 278 g/mol. The highest BCUT2D eigenvalue weighted by Crippen LogP contribution is 2.46. The molecule has 0 bridgehead atoms. The van der Waals surface area contributed by atoms with Crippen molar-refractivity contribution >= 4 is 17.2 Å². The first kappa shape index (κ1) is 16.6. The van der Waals surface area contributed by atoms with Crippen LogP contribution in [0.25, 0.3) is 17.2 Å². The Morgan fingerprint density at radius 2 is 2.04 bits per heavy atom. The predicted molar refractivity (Wildman–Crippen MR) is 101 cm³/mol. The van der Waals surface area contributed by atoms with E-state index in [1.165, 1.54) is 78.6 Å². The first-order chi connectivity index (χ1) is 11.0. The van der Waals surface area contributed by atoms with E-state index in [0.29, 0.717) is 11.3 Å². The van der Waals surface area contributed by atoms with Crippen LogP contribution in [0.3, 0.4) is 0 Å². The van der Waals surface area contributed by atoms with Crippen LogP contribution < -0.4 is 10.6 Å². The molecule has 126 valence electrons. The Labute approximate surface area is 141 Å². The first-order valence-corrected chi connectivity index (χ1v) is 9.62. The molecule has 0 aromatic carbocycles. The van der Waals surface area contributed by atoms with Crippen LogP contribution in [0.5, 0.6) is 0 Å². The highest BCUT2D eigenvalue weighted by molar-refractivity contribution is 5.67. The maximum atomic E-state index is 4.46. The van der Waals surface area contributed by atoms with Crippen molar-refractivity contribution in [1.82, 2.24) is 4.98 Å². The van der Waals surface area contributed by atoms with Crippen LogP contribution in [0.2, 0.25) is 0 Å². The number of H-pyrrole nitrogens is 1. The molecular formula is C22H33N. The lowest BCUT2D eigenvalue weighted by molar-refractivity contribution is 0.249. The predicted octanol–water partition coefficient (Wildman–Crippen LogP) is 5.16. The summed E-state index contributed by atoms with van der Waals surface area (Å²) >= 11 is 0. The van der Waals surface area contributed by atoms with E-state index in [4.69, 9.17) is 0 Å². The number of nitrogens with one attached hydrogen (secondary N) is 1. The Kier molecular flexibility index (Phi) is 4.85. The maximum Gasteiger partial charge on any atom is 0.0422 e. The normalized spacial score (nSPS) is 22.7. The Hall–Kier alpha value is -1.24.